The van der Waals surface area contributed by atoms with E-state index < -0.39 is 6.29 Å². The van der Waals surface area contributed by atoms with Gasteiger partial charge in [0.05, 0.1) is 13.2 Å². The Bertz CT molecular complexity index is 1130. The summed E-state index contributed by atoms with van der Waals surface area (Å²) in [7, 11) is 1.61. The Labute approximate surface area is 176 Å². The van der Waals surface area contributed by atoms with Gasteiger partial charge in [-0.15, -0.1) is 8.78 Å². The zero-order valence-corrected chi connectivity index (χ0v) is 16.5. The number of methoxy groups -OCH3 is 1. The van der Waals surface area contributed by atoms with Crippen molar-refractivity contribution in [2.45, 2.75) is 25.2 Å². The number of benzene rings is 2. The maximum Gasteiger partial charge on any atom is 0.586 e. The molecule has 2 aliphatic rings. The summed E-state index contributed by atoms with van der Waals surface area (Å²) in [6, 6.07) is 13.3. The number of amides is 1. The van der Waals surface area contributed by atoms with E-state index in [9.17, 15) is 13.6 Å². The van der Waals surface area contributed by atoms with Crippen LogP contribution >= 0.6 is 0 Å². The Morgan fingerprint density at radius 3 is 2.68 bits per heavy atom. The first kappa shape index (κ1) is 19.3. The third-order valence-electron chi connectivity index (χ3n) is 5.43. The molecule has 31 heavy (non-hydrogen) atoms. The number of alkyl halides is 2. The van der Waals surface area contributed by atoms with Gasteiger partial charge in [-0.2, -0.15) is 0 Å². The zero-order chi connectivity index (χ0) is 21.6. The Morgan fingerprint density at radius 2 is 1.90 bits per heavy atom. The number of hydrogen-bond donors (Lipinski definition) is 0. The predicted octanol–water partition coefficient (Wildman–Crippen LogP) is 4.65. The summed E-state index contributed by atoms with van der Waals surface area (Å²) in [4.78, 5) is 14.9. The smallest absolute Gasteiger partial charge is 0.497 e. The molecule has 0 saturated carbocycles. The molecule has 5 rings (SSSR count). The topological polar surface area (TPSA) is 74.0 Å². The molecule has 160 valence electrons. The van der Waals surface area contributed by atoms with Gasteiger partial charge in [0, 0.05) is 18.2 Å². The summed E-state index contributed by atoms with van der Waals surface area (Å²) in [5.41, 5.74) is 1.62. The molecule has 2 aromatic carbocycles. The second kappa shape index (κ2) is 7.26. The molecule has 0 N–H and O–H groups in total. The van der Waals surface area contributed by atoms with Crippen LogP contribution in [0.25, 0.3) is 11.3 Å². The Balaban J connectivity index is 1.36. The molecule has 1 saturated heterocycles. The van der Waals surface area contributed by atoms with Gasteiger partial charge in [0.2, 0.25) is 0 Å². The molecule has 1 fully saturated rings. The number of fused-ring (bicyclic) bond motifs is 1. The highest BCUT2D eigenvalue weighted by Crippen LogP contribution is 2.43. The summed E-state index contributed by atoms with van der Waals surface area (Å²) < 4.78 is 45.8. The Hall–Kier alpha value is -3.62. The molecule has 2 aliphatic heterocycles. The van der Waals surface area contributed by atoms with Crippen LogP contribution in [0.2, 0.25) is 0 Å². The number of likely N-dealkylation sites (tertiary alicyclic amines) is 1. The standard InChI is InChI=1S/C22H18F2N2O5/c1-28-15-7-4-13(5-8-15)17-3-2-10-26(17)21(27)16-12-19(31-25-16)14-6-9-18-20(11-14)30-22(23,24)29-18/h4-9,11-12,17H,2-3,10H2,1H3. The lowest BCUT2D eigenvalue weighted by Crippen LogP contribution is -2.30. The third-order valence-corrected chi connectivity index (χ3v) is 5.43. The van der Waals surface area contributed by atoms with Crippen molar-refractivity contribution in [2.24, 2.45) is 0 Å². The van der Waals surface area contributed by atoms with E-state index in [1.165, 1.54) is 24.3 Å². The van der Waals surface area contributed by atoms with Crippen molar-refractivity contribution in [1.82, 2.24) is 10.1 Å². The molecule has 7 nitrogen and oxygen atoms in total. The average molecular weight is 428 g/mol. The van der Waals surface area contributed by atoms with Gasteiger partial charge >= 0.3 is 6.29 Å². The molecule has 0 radical (unpaired) electrons. The van der Waals surface area contributed by atoms with E-state index in [-0.39, 0.29) is 34.9 Å². The average Bonchev–Trinajstić information content (AvgIpc) is 3.49. The minimum absolute atomic E-state index is 0.0636. The van der Waals surface area contributed by atoms with E-state index in [2.05, 4.69) is 14.6 Å². The number of nitrogens with zero attached hydrogens (tertiary/aromatic N) is 2. The lowest BCUT2D eigenvalue weighted by Gasteiger charge is -2.24. The lowest BCUT2D eigenvalue weighted by atomic mass is 10.0. The molecule has 1 unspecified atom stereocenters. The number of ether oxygens (including phenoxy) is 3. The second-order valence-corrected chi connectivity index (χ2v) is 7.34. The number of carbonyl (C=O) groups is 1. The van der Waals surface area contributed by atoms with E-state index in [1.54, 1.807) is 12.0 Å². The van der Waals surface area contributed by atoms with Gasteiger partial charge in [0.1, 0.15) is 5.75 Å². The van der Waals surface area contributed by atoms with Gasteiger partial charge in [-0.3, -0.25) is 4.79 Å². The highest BCUT2D eigenvalue weighted by molar-refractivity contribution is 5.93. The molecular formula is C22H18F2N2O5. The summed E-state index contributed by atoms with van der Waals surface area (Å²) in [5, 5.41) is 3.91. The van der Waals surface area contributed by atoms with Crippen molar-refractivity contribution < 1.29 is 32.3 Å². The maximum absolute atomic E-state index is 13.2. The number of hydrogen-bond acceptors (Lipinski definition) is 6. The van der Waals surface area contributed by atoms with Crippen LogP contribution in [-0.2, 0) is 0 Å². The zero-order valence-electron chi connectivity index (χ0n) is 16.5. The van der Waals surface area contributed by atoms with Crippen LogP contribution in [0.1, 0.15) is 34.9 Å². The molecule has 3 aromatic rings. The largest absolute Gasteiger partial charge is 0.586 e. The van der Waals surface area contributed by atoms with Crippen LogP contribution < -0.4 is 14.2 Å². The molecule has 0 bridgehead atoms. The first-order chi connectivity index (χ1) is 14.9. The molecule has 1 aromatic heterocycles. The van der Waals surface area contributed by atoms with E-state index in [4.69, 9.17) is 9.26 Å². The summed E-state index contributed by atoms with van der Waals surface area (Å²) in [6.07, 6.45) is -1.97. The SMILES string of the molecule is COc1ccc(C2CCCN2C(=O)c2cc(-c3ccc4c(c3)OC(F)(F)O4)on2)cc1. The number of halogens is 2. The van der Waals surface area contributed by atoms with Crippen LogP contribution in [0.15, 0.2) is 53.1 Å². The van der Waals surface area contributed by atoms with Crippen LogP contribution in [-0.4, -0.2) is 35.9 Å². The predicted molar refractivity (Wildman–Crippen MR) is 104 cm³/mol. The minimum atomic E-state index is -3.70. The Kier molecular flexibility index (Phi) is 4.53. The first-order valence-corrected chi connectivity index (χ1v) is 9.75. The summed E-state index contributed by atoms with van der Waals surface area (Å²) in [6.45, 7) is 0.608. The van der Waals surface area contributed by atoms with E-state index in [1.807, 2.05) is 24.3 Å². The van der Waals surface area contributed by atoms with Gasteiger partial charge < -0.3 is 23.6 Å². The minimum Gasteiger partial charge on any atom is -0.497 e. The fourth-order valence-corrected chi connectivity index (χ4v) is 3.94. The normalized spacial score (nSPS) is 18.9. The van der Waals surface area contributed by atoms with Crippen LogP contribution in [0, 0.1) is 0 Å². The van der Waals surface area contributed by atoms with Crippen molar-refractivity contribution in [3.8, 4) is 28.6 Å². The monoisotopic (exact) mass is 428 g/mol. The van der Waals surface area contributed by atoms with Crippen LogP contribution in [0.4, 0.5) is 8.78 Å². The van der Waals surface area contributed by atoms with Crippen molar-refractivity contribution >= 4 is 5.91 Å². The molecule has 1 amide bonds. The third kappa shape index (κ3) is 3.56. The van der Waals surface area contributed by atoms with Gasteiger partial charge in [0.15, 0.2) is 23.0 Å². The number of carbonyl (C=O) groups excluding carboxylic acids is 1. The van der Waals surface area contributed by atoms with E-state index in [0.717, 1.165) is 24.2 Å². The van der Waals surface area contributed by atoms with Crippen LogP contribution in [0.5, 0.6) is 17.2 Å². The fraction of sp³-hybridized carbons (Fsp3) is 0.273. The Morgan fingerprint density at radius 1 is 1.13 bits per heavy atom. The molecular weight excluding hydrogens is 410 g/mol. The van der Waals surface area contributed by atoms with Gasteiger partial charge in [-0.05, 0) is 48.7 Å². The highest BCUT2D eigenvalue weighted by Gasteiger charge is 2.43. The highest BCUT2D eigenvalue weighted by atomic mass is 19.3. The molecule has 1 atom stereocenters. The second-order valence-electron chi connectivity index (χ2n) is 7.34. The van der Waals surface area contributed by atoms with Crippen molar-refractivity contribution in [1.29, 1.82) is 0 Å². The van der Waals surface area contributed by atoms with Gasteiger partial charge in [-0.25, -0.2) is 0 Å². The van der Waals surface area contributed by atoms with Gasteiger partial charge in [0.25, 0.3) is 5.91 Å². The van der Waals surface area contributed by atoms with E-state index in [0.29, 0.717) is 12.1 Å². The summed E-state index contributed by atoms with van der Waals surface area (Å²) >= 11 is 0. The van der Waals surface area contributed by atoms with Crippen molar-refractivity contribution in [3.63, 3.8) is 0 Å². The maximum atomic E-state index is 13.2. The summed E-state index contributed by atoms with van der Waals surface area (Å²) in [5.74, 6) is 0.600. The van der Waals surface area contributed by atoms with E-state index >= 15 is 0 Å². The van der Waals surface area contributed by atoms with Crippen molar-refractivity contribution in [2.75, 3.05) is 13.7 Å². The molecule has 9 heteroatoms. The lowest BCUT2D eigenvalue weighted by molar-refractivity contribution is -0.286. The van der Waals surface area contributed by atoms with Crippen LogP contribution in [0.3, 0.4) is 0 Å². The quantitative estimate of drug-likeness (QED) is 0.602. The molecule has 3 heterocycles. The fourth-order valence-electron chi connectivity index (χ4n) is 3.94. The molecule has 0 spiro atoms. The molecule has 0 aliphatic carbocycles. The van der Waals surface area contributed by atoms with Crippen molar-refractivity contribution in [3.05, 3.63) is 59.8 Å². The number of rotatable bonds is 4. The number of aromatic nitrogens is 1. The van der Waals surface area contributed by atoms with Gasteiger partial charge in [-0.1, -0.05) is 17.3 Å². The first-order valence-electron chi connectivity index (χ1n) is 9.75.